The molecule has 3 heteroatoms. The van der Waals surface area contributed by atoms with Crippen LogP contribution in [0.5, 0.6) is 5.75 Å². The van der Waals surface area contributed by atoms with Gasteiger partial charge in [-0.2, -0.15) is 0 Å². The largest absolute Gasteiger partial charge is 0.496 e. The number of carbonyl (C=O) groups is 1. The molecule has 0 aromatic heterocycles. The average Bonchev–Trinajstić information content (AvgIpc) is 2.23. The zero-order chi connectivity index (χ0) is 12.5. The Morgan fingerprint density at radius 1 is 1.47 bits per heavy atom. The first kappa shape index (κ1) is 12.1. The molecule has 1 fully saturated rings. The fraction of sp³-hybridized carbons (Fsp3) is 0.500. The second kappa shape index (κ2) is 4.49. The van der Waals surface area contributed by atoms with E-state index in [9.17, 15) is 4.79 Å². The lowest BCUT2D eigenvalue weighted by Gasteiger charge is -2.42. The van der Waals surface area contributed by atoms with Crippen molar-refractivity contribution >= 4 is 5.78 Å². The molecule has 0 radical (unpaired) electrons. The molecule has 1 aliphatic rings. The van der Waals surface area contributed by atoms with Gasteiger partial charge in [0.15, 0.2) is 0 Å². The highest BCUT2D eigenvalue weighted by Crippen LogP contribution is 2.41. The molecule has 0 atom stereocenters. The Labute approximate surface area is 102 Å². The maximum absolute atomic E-state index is 11.4. The number of ketones is 1. The third-order valence-electron chi connectivity index (χ3n) is 3.27. The Kier molecular flexibility index (Phi) is 3.20. The molecular formula is C14H18O3. The van der Waals surface area contributed by atoms with Crippen LogP contribution in [0.3, 0.4) is 0 Å². The Hall–Kier alpha value is -1.35. The lowest BCUT2D eigenvalue weighted by molar-refractivity contribution is -0.125. The summed E-state index contributed by atoms with van der Waals surface area (Å²) >= 11 is 0. The zero-order valence-electron chi connectivity index (χ0n) is 10.6. The SMILES string of the molecule is COc1ccc(C)cc1C1(CC(C)=O)COC1. The standard InChI is InChI=1S/C14H18O3/c1-10-4-5-13(16-3)12(6-10)14(7-11(2)15)8-17-9-14/h4-6H,7-9H2,1-3H3. The zero-order valence-corrected chi connectivity index (χ0v) is 10.6. The van der Waals surface area contributed by atoms with Crippen LogP contribution in [0.15, 0.2) is 18.2 Å². The molecule has 0 bridgehead atoms. The number of Topliss-reactive ketones (excluding diaryl/α,β-unsaturated/α-hetero) is 1. The highest BCUT2D eigenvalue weighted by atomic mass is 16.5. The molecule has 0 saturated carbocycles. The molecular weight excluding hydrogens is 216 g/mol. The van der Waals surface area contributed by atoms with Gasteiger partial charge in [0.25, 0.3) is 0 Å². The normalized spacial score (nSPS) is 17.4. The van der Waals surface area contributed by atoms with E-state index in [1.165, 1.54) is 5.56 Å². The summed E-state index contributed by atoms with van der Waals surface area (Å²) in [6.07, 6.45) is 0.521. The summed E-state index contributed by atoms with van der Waals surface area (Å²) in [5, 5.41) is 0. The van der Waals surface area contributed by atoms with Crippen LogP contribution >= 0.6 is 0 Å². The molecule has 92 valence electrons. The summed E-state index contributed by atoms with van der Waals surface area (Å²) in [5.41, 5.74) is 2.10. The van der Waals surface area contributed by atoms with Crippen LogP contribution in [0, 0.1) is 6.92 Å². The van der Waals surface area contributed by atoms with Gasteiger partial charge in [0.2, 0.25) is 0 Å². The van der Waals surface area contributed by atoms with Crippen molar-refractivity contribution in [3.05, 3.63) is 29.3 Å². The molecule has 1 aromatic carbocycles. The van der Waals surface area contributed by atoms with Gasteiger partial charge >= 0.3 is 0 Å². The van der Waals surface area contributed by atoms with Gasteiger partial charge in [0.05, 0.1) is 25.7 Å². The van der Waals surface area contributed by atoms with E-state index in [0.717, 1.165) is 11.3 Å². The van der Waals surface area contributed by atoms with E-state index in [2.05, 4.69) is 6.07 Å². The van der Waals surface area contributed by atoms with Gasteiger partial charge < -0.3 is 9.47 Å². The van der Waals surface area contributed by atoms with Gasteiger partial charge in [0, 0.05) is 12.0 Å². The number of hydrogen-bond donors (Lipinski definition) is 0. The van der Waals surface area contributed by atoms with Gasteiger partial charge in [-0.15, -0.1) is 0 Å². The molecule has 1 saturated heterocycles. The van der Waals surface area contributed by atoms with E-state index in [-0.39, 0.29) is 11.2 Å². The summed E-state index contributed by atoms with van der Waals surface area (Å²) in [7, 11) is 1.66. The summed E-state index contributed by atoms with van der Waals surface area (Å²) < 4.78 is 10.7. The van der Waals surface area contributed by atoms with Gasteiger partial charge in [-0.25, -0.2) is 0 Å². The fourth-order valence-corrected chi connectivity index (χ4v) is 2.41. The smallest absolute Gasteiger partial charge is 0.130 e. The van der Waals surface area contributed by atoms with E-state index in [1.807, 2.05) is 19.1 Å². The molecule has 3 nitrogen and oxygen atoms in total. The first-order chi connectivity index (χ1) is 8.07. The predicted octanol–water partition coefficient (Wildman–Crippen LogP) is 2.25. The van der Waals surface area contributed by atoms with Gasteiger partial charge in [-0.05, 0) is 19.9 Å². The van der Waals surface area contributed by atoms with Crippen molar-refractivity contribution in [2.24, 2.45) is 0 Å². The van der Waals surface area contributed by atoms with Crippen molar-refractivity contribution < 1.29 is 14.3 Å². The van der Waals surface area contributed by atoms with Crippen LogP contribution in [-0.2, 0) is 14.9 Å². The first-order valence-electron chi connectivity index (χ1n) is 5.80. The number of hydrogen-bond acceptors (Lipinski definition) is 3. The minimum atomic E-state index is -0.177. The molecule has 0 N–H and O–H groups in total. The lowest BCUT2D eigenvalue weighted by atomic mass is 9.74. The number of rotatable bonds is 4. The van der Waals surface area contributed by atoms with Crippen molar-refractivity contribution in [2.45, 2.75) is 25.7 Å². The monoisotopic (exact) mass is 234 g/mol. The summed E-state index contributed by atoms with van der Waals surface area (Å²) in [4.78, 5) is 11.4. The summed E-state index contributed by atoms with van der Waals surface area (Å²) in [5.74, 6) is 1.04. The second-order valence-corrected chi connectivity index (χ2v) is 4.86. The predicted molar refractivity (Wildman–Crippen MR) is 65.5 cm³/mol. The number of benzene rings is 1. The second-order valence-electron chi connectivity index (χ2n) is 4.86. The quantitative estimate of drug-likeness (QED) is 0.801. The topological polar surface area (TPSA) is 35.5 Å². The highest BCUT2D eigenvalue weighted by molar-refractivity contribution is 5.77. The molecule has 1 heterocycles. The fourth-order valence-electron chi connectivity index (χ4n) is 2.41. The van der Waals surface area contributed by atoms with Crippen LogP contribution < -0.4 is 4.74 Å². The van der Waals surface area contributed by atoms with Crippen LogP contribution in [0.25, 0.3) is 0 Å². The Balaban J connectivity index is 2.42. The van der Waals surface area contributed by atoms with Crippen molar-refractivity contribution in [2.75, 3.05) is 20.3 Å². The van der Waals surface area contributed by atoms with Crippen LogP contribution in [0.2, 0.25) is 0 Å². The molecule has 1 aliphatic heterocycles. The lowest BCUT2D eigenvalue weighted by Crippen LogP contribution is -2.48. The molecule has 0 amide bonds. The van der Waals surface area contributed by atoms with Crippen molar-refractivity contribution in [1.29, 1.82) is 0 Å². The Morgan fingerprint density at radius 2 is 2.18 bits per heavy atom. The van der Waals surface area contributed by atoms with Crippen LogP contribution in [0.1, 0.15) is 24.5 Å². The minimum Gasteiger partial charge on any atom is -0.496 e. The number of aryl methyl sites for hydroxylation is 1. The van der Waals surface area contributed by atoms with Gasteiger partial charge in [0.1, 0.15) is 11.5 Å². The van der Waals surface area contributed by atoms with E-state index in [4.69, 9.17) is 9.47 Å². The third-order valence-corrected chi connectivity index (χ3v) is 3.27. The first-order valence-corrected chi connectivity index (χ1v) is 5.80. The van der Waals surface area contributed by atoms with Crippen LogP contribution in [-0.4, -0.2) is 26.1 Å². The summed E-state index contributed by atoms with van der Waals surface area (Å²) in [6, 6.07) is 6.08. The van der Waals surface area contributed by atoms with E-state index < -0.39 is 0 Å². The van der Waals surface area contributed by atoms with Crippen molar-refractivity contribution in [3.63, 3.8) is 0 Å². The molecule has 0 aliphatic carbocycles. The molecule has 0 spiro atoms. The molecule has 2 rings (SSSR count). The Bertz CT molecular complexity index is 433. The Morgan fingerprint density at radius 3 is 2.65 bits per heavy atom. The third kappa shape index (κ3) is 2.20. The van der Waals surface area contributed by atoms with Gasteiger partial charge in [-0.1, -0.05) is 17.7 Å². The number of methoxy groups -OCH3 is 1. The molecule has 17 heavy (non-hydrogen) atoms. The molecule has 0 unspecified atom stereocenters. The summed E-state index contributed by atoms with van der Waals surface area (Å²) in [6.45, 7) is 4.88. The van der Waals surface area contributed by atoms with Crippen molar-refractivity contribution in [1.82, 2.24) is 0 Å². The van der Waals surface area contributed by atoms with E-state index >= 15 is 0 Å². The van der Waals surface area contributed by atoms with Gasteiger partial charge in [-0.3, -0.25) is 4.79 Å². The van der Waals surface area contributed by atoms with Crippen molar-refractivity contribution in [3.8, 4) is 5.75 Å². The highest BCUT2D eigenvalue weighted by Gasteiger charge is 2.43. The molecule has 1 aromatic rings. The maximum atomic E-state index is 11.4. The van der Waals surface area contributed by atoms with Crippen LogP contribution in [0.4, 0.5) is 0 Å². The maximum Gasteiger partial charge on any atom is 0.130 e. The van der Waals surface area contributed by atoms with E-state index in [0.29, 0.717) is 19.6 Å². The van der Waals surface area contributed by atoms with E-state index in [1.54, 1.807) is 14.0 Å². The average molecular weight is 234 g/mol. The number of carbonyl (C=O) groups excluding carboxylic acids is 1. The number of ether oxygens (including phenoxy) is 2. The minimum absolute atomic E-state index is 0.177.